The standard InChI is InChI=1S/C17H25N5O3/c23-16-4-2-1-3-7-20(16)9-6-17(24)21-8-5-15-14(11-21)22-13(12-25-15)10-18-19-22/h10,14-15H,1-9,11-12H2/t14-,15-/m0/s1. The highest BCUT2D eigenvalue weighted by molar-refractivity contribution is 5.79. The maximum atomic E-state index is 12.7. The van der Waals surface area contributed by atoms with E-state index in [1.54, 1.807) is 6.20 Å². The first-order valence-electron chi connectivity index (χ1n) is 9.28. The zero-order valence-corrected chi connectivity index (χ0v) is 14.5. The smallest absolute Gasteiger partial charge is 0.224 e. The lowest BCUT2D eigenvalue weighted by molar-refractivity contribution is -0.139. The first-order chi connectivity index (χ1) is 12.2. The average Bonchev–Trinajstić information content (AvgIpc) is 3.03. The number of carbonyl (C=O) groups excluding carboxylic acids is 2. The van der Waals surface area contributed by atoms with Crippen molar-refractivity contribution in [2.45, 2.75) is 57.3 Å². The number of fused-ring (bicyclic) bond motifs is 3. The summed E-state index contributed by atoms with van der Waals surface area (Å²) in [5.41, 5.74) is 0.964. The van der Waals surface area contributed by atoms with Crippen LogP contribution in [0.5, 0.6) is 0 Å². The van der Waals surface area contributed by atoms with Gasteiger partial charge in [-0.1, -0.05) is 11.6 Å². The summed E-state index contributed by atoms with van der Waals surface area (Å²) in [7, 11) is 0. The van der Waals surface area contributed by atoms with Gasteiger partial charge in [0.1, 0.15) is 0 Å². The molecular weight excluding hydrogens is 322 g/mol. The van der Waals surface area contributed by atoms with Crippen LogP contribution in [-0.2, 0) is 20.9 Å². The molecule has 0 saturated carbocycles. The SMILES string of the molecule is O=C1CCCCCN1CCC(=O)N1CC[C@@H]2OCc3cnnn3[C@H]2C1. The van der Waals surface area contributed by atoms with E-state index in [9.17, 15) is 9.59 Å². The van der Waals surface area contributed by atoms with Gasteiger partial charge in [0.15, 0.2) is 0 Å². The number of likely N-dealkylation sites (tertiary alicyclic amines) is 2. The van der Waals surface area contributed by atoms with Crippen molar-refractivity contribution in [2.24, 2.45) is 0 Å². The van der Waals surface area contributed by atoms with Gasteiger partial charge in [-0.3, -0.25) is 9.59 Å². The highest BCUT2D eigenvalue weighted by Gasteiger charge is 2.37. The normalized spacial score (nSPS) is 26.8. The quantitative estimate of drug-likeness (QED) is 0.806. The van der Waals surface area contributed by atoms with E-state index in [0.29, 0.717) is 39.1 Å². The first-order valence-corrected chi connectivity index (χ1v) is 9.28. The fraction of sp³-hybridized carbons (Fsp3) is 0.765. The second-order valence-electron chi connectivity index (χ2n) is 7.16. The van der Waals surface area contributed by atoms with Crippen molar-refractivity contribution in [1.82, 2.24) is 24.8 Å². The molecule has 0 aromatic carbocycles. The molecule has 0 radical (unpaired) electrons. The van der Waals surface area contributed by atoms with E-state index in [1.807, 2.05) is 14.5 Å². The average molecular weight is 347 g/mol. The molecule has 2 atom stereocenters. The zero-order valence-electron chi connectivity index (χ0n) is 14.5. The molecule has 0 spiro atoms. The summed E-state index contributed by atoms with van der Waals surface area (Å²) in [5.74, 6) is 0.305. The van der Waals surface area contributed by atoms with Crippen molar-refractivity contribution < 1.29 is 14.3 Å². The predicted octanol–water partition coefficient (Wildman–Crippen LogP) is 0.743. The number of amides is 2. The van der Waals surface area contributed by atoms with Crippen molar-refractivity contribution in [2.75, 3.05) is 26.2 Å². The summed E-state index contributed by atoms with van der Waals surface area (Å²) < 4.78 is 7.79. The molecule has 2 saturated heterocycles. The largest absolute Gasteiger partial charge is 0.370 e. The van der Waals surface area contributed by atoms with Gasteiger partial charge in [0, 0.05) is 39.0 Å². The molecule has 0 unspecified atom stereocenters. The van der Waals surface area contributed by atoms with E-state index in [2.05, 4.69) is 10.3 Å². The molecule has 2 amide bonds. The predicted molar refractivity (Wildman–Crippen MR) is 88.5 cm³/mol. The van der Waals surface area contributed by atoms with Crippen LogP contribution in [0, 0.1) is 0 Å². The van der Waals surface area contributed by atoms with Crippen molar-refractivity contribution >= 4 is 11.8 Å². The van der Waals surface area contributed by atoms with Gasteiger partial charge in [-0.15, -0.1) is 5.10 Å². The van der Waals surface area contributed by atoms with Gasteiger partial charge in [0.25, 0.3) is 0 Å². The van der Waals surface area contributed by atoms with Crippen LogP contribution in [0.2, 0.25) is 0 Å². The minimum Gasteiger partial charge on any atom is -0.370 e. The molecule has 0 aliphatic carbocycles. The van der Waals surface area contributed by atoms with Crippen LogP contribution in [0.1, 0.15) is 50.3 Å². The molecule has 136 valence electrons. The Bertz CT molecular complexity index is 646. The summed E-state index contributed by atoms with van der Waals surface area (Å²) in [6.07, 6.45) is 6.78. The van der Waals surface area contributed by atoms with E-state index in [1.165, 1.54) is 0 Å². The minimum absolute atomic E-state index is 0.0452. The monoisotopic (exact) mass is 347 g/mol. The third-order valence-corrected chi connectivity index (χ3v) is 5.55. The lowest BCUT2D eigenvalue weighted by atomic mass is 10.00. The molecule has 8 heteroatoms. The second kappa shape index (κ2) is 7.11. The number of carbonyl (C=O) groups is 2. The lowest BCUT2D eigenvalue weighted by Gasteiger charge is -2.41. The number of rotatable bonds is 3. The van der Waals surface area contributed by atoms with Gasteiger partial charge < -0.3 is 14.5 Å². The topological polar surface area (TPSA) is 80.6 Å². The Kier molecular flexibility index (Phi) is 4.70. The summed E-state index contributed by atoms with van der Waals surface area (Å²) in [4.78, 5) is 28.5. The van der Waals surface area contributed by atoms with Crippen molar-refractivity contribution in [3.05, 3.63) is 11.9 Å². The summed E-state index contributed by atoms with van der Waals surface area (Å²) in [5, 5.41) is 8.14. The van der Waals surface area contributed by atoms with Crippen LogP contribution in [-0.4, -0.2) is 68.9 Å². The molecule has 0 N–H and O–H groups in total. The molecule has 1 aromatic heterocycles. The number of hydrogen-bond acceptors (Lipinski definition) is 5. The molecule has 2 fully saturated rings. The summed E-state index contributed by atoms with van der Waals surface area (Å²) >= 11 is 0. The van der Waals surface area contributed by atoms with Crippen molar-refractivity contribution in [3.8, 4) is 0 Å². The molecule has 3 aliphatic rings. The molecule has 8 nitrogen and oxygen atoms in total. The first kappa shape index (κ1) is 16.5. The van der Waals surface area contributed by atoms with E-state index >= 15 is 0 Å². The Labute approximate surface area is 147 Å². The van der Waals surface area contributed by atoms with Gasteiger partial charge in [-0.25, -0.2) is 4.68 Å². The second-order valence-corrected chi connectivity index (χ2v) is 7.16. The lowest BCUT2D eigenvalue weighted by Crippen LogP contribution is -2.50. The molecule has 1 aromatic rings. The number of nitrogens with zero attached hydrogens (tertiary/aromatic N) is 5. The van der Waals surface area contributed by atoms with E-state index in [0.717, 1.165) is 37.9 Å². The Morgan fingerprint density at radius 2 is 2.20 bits per heavy atom. The molecule has 0 bridgehead atoms. The van der Waals surface area contributed by atoms with E-state index in [-0.39, 0.29) is 24.0 Å². The van der Waals surface area contributed by atoms with E-state index < -0.39 is 0 Å². The van der Waals surface area contributed by atoms with Crippen molar-refractivity contribution in [1.29, 1.82) is 0 Å². The third-order valence-electron chi connectivity index (χ3n) is 5.55. The number of ether oxygens (including phenoxy) is 1. The van der Waals surface area contributed by atoms with Gasteiger partial charge in [-0.05, 0) is 19.3 Å². The maximum Gasteiger partial charge on any atom is 0.224 e. The van der Waals surface area contributed by atoms with Crippen LogP contribution in [0.25, 0.3) is 0 Å². The van der Waals surface area contributed by atoms with Gasteiger partial charge in [0.2, 0.25) is 11.8 Å². The van der Waals surface area contributed by atoms with Gasteiger partial charge in [0.05, 0.1) is 30.6 Å². The van der Waals surface area contributed by atoms with Crippen LogP contribution >= 0.6 is 0 Å². The fourth-order valence-corrected chi connectivity index (χ4v) is 4.07. The molecule has 3 aliphatic heterocycles. The summed E-state index contributed by atoms with van der Waals surface area (Å²) in [6, 6.07) is 0.0452. The Morgan fingerprint density at radius 3 is 3.12 bits per heavy atom. The van der Waals surface area contributed by atoms with Crippen LogP contribution in [0.15, 0.2) is 6.20 Å². The highest BCUT2D eigenvalue weighted by Crippen LogP contribution is 2.30. The summed E-state index contributed by atoms with van der Waals surface area (Å²) in [6.45, 7) is 3.17. The van der Waals surface area contributed by atoms with Crippen LogP contribution < -0.4 is 0 Å². The molecule has 4 heterocycles. The van der Waals surface area contributed by atoms with E-state index in [4.69, 9.17) is 4.74 Å². The molecular formula is C17H25N5O3. The third kappa shape index (κ3) is 3.40. The molecule has 4 rings (SSSR count). The number of hydrogen-bond donors (Lipinski definition) is 0. The molecule has 25 heavy (non-hydrogen) atoms. The number of piperidine rings is 1. The fourth-order valence-electron chi connectivity index (χ4n) is 4.07. The van der Waals surface area contributed by atoms with Crippen LogP contribution in [0.3, 0.4) is 0 Å². The minimum atomic E-state index is 0.0452. The van der Waals surface area contributed by atoms with Gasteiger partial charge >= 0.3 is 0 Å². The maximum absolute atomic E-state index is 12.7. The number of aromatic nitrogens is 3. The zero-order chi connectivity index (χ0) is 17.2. The van der Waals surface area contributed by atoms with Crippen molar-refractivity contribution in [3.63, 3.8) is 0 Å². The van der Waals surface area contributed by atoms with Gasteiger partial charge in [-0.2, -0.15) is 0 Å². The van der Waals surface area contributed by atoms with Crippen LogP contribution in [0.4, 0.5) is 0 Å². The Morgan fingerprint density at radius 1 is 1.28 bits per heavy atom. The Hall–Kier alpha value is -1.96. The Balaban J connectivity index is 1.35. The highest BCUT2D eigenvalue weighted by atomic mass is 16.5.